The number of aliphatic hydroxyl groups is 1. The van der Waals surface area contributed by atoms with Crippen LogP contribution >= 0.6 is 0 Å². The van der Waals surface area contributed by atoms with E-state index in [1.807, 2.05) is 0 Å². The lowest BCUT2D eigenvalue weighted by Gasteiger charge is -2.41. The van der Waals surface area contributed by atoms with E-state index >= 15 is 0 Å². The first-order chi connectivity index (χ1) is 13.1. The minimum absolute atomic E-state index is 0.206. The van der Waals surface area contributed by atoms with Gasteiger partial charge < -0.3 is 15.3 Å². The number of nitrogens with zero attached hydrogens (tertiary/aromatic N) is 2. The lowest BCUT2D eigenvalue weighted by Crippen LogP contribution is -2.56. The number of carbonyl (C=O) groups excluding carboxylic acids is 2. The number of hydrogen-bond acceptors (Lipinski definition) is 5. The summed E-state index contributed by atoms with van der Waals surface area (Å²) >= 11 is 0. The van der Waals surface area contributed by atoms with Gasteiger partial charge in [-0.05, 0) is 49.7 Å². The molecule has 27 heavy (non-hydrogen) atoms. The number of urea groups is 1. The molecule has 1 aromatic carbocycles. The van der Waals surface area contributed by atoms with Crippen LogP contribution in [0.3, 0.4) is 0 Å². The average Bonchev–Trinajstić information content (AvgIpc) is 3.39. The van der Waals surface area contributed by atoms with Crippen molar-refractivity contribution in [3.05, 3.63) is 29.8 Å². The second-order valence-electron chi connectivity index (χ2n) is 8.35. The third-order valence-corrected chi connectivity index (χ3v) is 6.73. The molecule has 1 aliphatic carbocycles. The zero-order valence-corrected chi connectivity index (χ0v) is 15.4. The molecule has 0 bridgehead atoms. The average molecular weight is 370 g/mol. The normalized spacial score (nSPS) is 31.3. The molecule has 3 heterocycles. The Kier molecular flexibility index (Phi) is 3.91. The lowest BCUT2D eigenvalue weighted by molar-refractivity contribution is -0.125. The minimum atomic E-state index is -0.816. The SMILES string of the molecule is O=C1NC(=O)[C@](CCC(O)N2CCN3c4ccccc4C[C@@H]3C2)(C2CC2)N1. The van der Waals surface area contributed by atoms with Crippen molar-refractivity contribution in [2.75, 3.05) is 24.5 Å². The fraction of sp³-hybridized carbons (Fsp3) is 0.600. The minimum Gasteiger partial charge on any atom is -0.378 e. The topological polar surface area (TPSA) is 84.9 Å². The van der Waals surface area contributed by atoms with Gasteiger partial charge in [0.2, 0.25) is 0 Å². The van der Waals surface area contributed by atoms with Crippen molar-refractivity contribution in [3.63, 3.8) is 0 Å². The van der Waals surface area contributed by atoms with Gasteiger partial charge in [-0.15, -0.1) is 0 Å². The van der Waals surface area contributed by atoms with Crippen molar-refractivity contribution in [3.8, 4) is 0 Å². The molecular formula is C20H26N4O3. The van der Waals surface area contributed by atoms with E-state index in [1.165, 1.54) is 11.3 Å². The molecule has 3 amide bonds. The predicted molar refractivity (Wildman–Crippen MR) is 100 cm³/mol. The molecule has 3 aliphatic heterocycles. The number of anilines is 1. The Morgan fingerprint density at radius 2 is 2.04 bits per heavy atom. The van der Waals surface area contributed by atoms with Gasteiger partial charge in [0.25, 0.3) is 5.91 Å². The van der Waals surface area contributed by atoms with Crippen LogP contribution in [0.15, 0.2) is 24.3 Å². The Labute approximate surface area is 158 Å². The second-order valence-corrected chi connectivity index (χ2v) is 8.35. The number of rotatable bonds is 5. The van der Waals surface area contributed by atoms with Crippen LogP contribution in [-0.4, -0.2) is 59.4 Å². The molecule has 7 nitrogen and oxygen atoms in total. The first-order valence-corrected chi connectivity index (χ1v) is 9.97. The number of fused-ring (bicyclic) bond motifs is 3. The largest absolute Gasteiger partial charge is 0.378 e. The highest BCUT2D eigenvalue weighted by molar-refractivity contribution is 6.07. The Morgan fingerprint density at radius 3 is 2.78 bits per heavy atom. The van der Waals surface area contributed by atoms with E-state index < -0.39 is 17.8 Å². The lowest BCUT2D eigenvalue weighted by atomic mass is 9.87. The highest BCUT2D eigenvalue weighted by Gasteiger charge is 2.55. The Morgan fingerprint density at radius 1 is 1.22 bits per heavy atom. The zero-order chi connectivity index (χ0) is 18.6. The Bertz CT molecular complexity index is 780. The maximum atomic E-state index is 12.4. The zero-order valence-electron chi connectivity index (χ0n) is 15.4. The summed E-state index contributed by atoms with van der Waals surface area (Å²) < 4.78 is 0. The highest BCUT2D eigenvalue weighted by atomic mass is 16.3. The molecule has 3 atom stereocenters. The van der Waals surface area contributed by atoms with E-state index in [0.29, 0.717) is 18.9 Å². The third-order valence-electron chi connectivity index (χ3n) is 6.73. The van der Waals surface area contributed by atoms with Gasteiger partial charge in [0, 0.05) is 31.4 Å². The molecule has 3 N–H and O–H groups in total. The standard InChI is InChI=1S/C20H26N4O3/c25-17(7-8-20(14-5-6-14)18(26)21-19(27)22-20)23-9-10-24-15(12-23)11-13-3-1-2-4-16(13)24/h1-4,14-15,17,25H,5-12H2,(H2,21,22,26,27)/t15-,17?,20+/m1/s1. The van der Waals surface area contributed by atoms with Gasteiger partial charge in [-0.3, -0.25) is 15.0 Å². The molecule has 5 rings (SSSR count). The van der Waals surface area contributed by atoms with Gasteiger partial charge in [0.1, 0.15) is 11.8 Å². The number of para-hydroxylation sites is 1. The second kappa shape index (κ2) is 6.21. The van der Waals surface area contributed by atoms with Crippen LogP contribution in [0.25, 0.3) is 0 Å². The molecular weight excluding hydrogens is 344 g/mol. The van der Waals surface area contributed by atoms with E-state index in [2.05, 4.69) is 44.7 Å². The number of aliphatic hydroxyl groups excluding tert-OH is 1. The first kappa shape index (κ1) is 17.0. The summed E-state index contributed by atoms with van der Waals surface area (Å²) in [5, 5.41) is 16.0. The van der Waals surface area contributed by atoms with Crippen molar-refractivity contribution in [1.82, 2.24) is 15.5 Å². The van der Waals surface area contributed by atoms with Crippen LogP contribution in [0.5, 0.6) is 0 Å². The van der Waals surface area contributed by atoms with E-state index in [-0.39, 0.29) is 11.8 Å². The van der Waals surface area contributed by atoms with Crippen LogP contribution in [0.2, 0.25) is 0 Å². The molecule has 1 saturated carbocycles. The third kappa shape index (κ3) is 2.80. The molecule has 0 radical (unpaired) electrons. The predicted octanol–water partition coefficient (Wildman–Crippen LogP) is 0.820. The van der Waals surface area contributed by atoms with Gasteiger partial charge in [0.05, 0.1) is 0 Å². The molecule has 7 heteroatoms. The van der Waals surface area contributed by atoms with Crippen molar-refractivity contribution >= 4 is 17.6 Å². The van der Waals surface area contributed by atoms with Crippen LogP contribution in [0, 0.1) is 5.92 Å². The fourth-order valence-corrected chi connectivity index (χ4v) is 5.15. The number of imide groups is 1. The molecule has 0 spiro atoms. The Hall–Kier alpha value is -2.12. The number of hydrogen-bond donors (Lipinski definition) is 3. The molecule has 4 aliphatic rings. The molecule has 2 saturated heterocycles. The van der Waals surface area contributed by atoms with Gasteiger partial charge >= 0.3 is 6.03 Å². The molecule has 1 unspecified atom stereocenters. The molecule has 3 fully saturated rings. The fourth-order valence-electron chi connectivity index (χ4n) is 5.15. The summed E-state index contributed by atoms with van der Waals surface area (Å²) in [4.78, 5) is 28.6. The van der Waals surface area contributed by atoms with Crippen molar-refractivity contribution in [1.29, 1.82) is 0 Å². The van der Waals surface area contributed by atoms with Crippen molar-refractivity contribution in [2.45, 2.75) is 49.9 Å². The van der Waals surface area contributed by atoms with Gasteiger partial charge in [0.15, 0.2) is 0 Å². The van der Waals surface area contributed by atoms with E-state index in [0.717, 1.165) is 38.9 Å². The summed E-state index contributed by atoms with van der Waals surface area (Å²) in [5.74, 6) is -0.0180. The summed E-state index contributed by atoms with van der Waals surface area (Å²) in [6.07, 6.45) is 3.33. The van der Waals surface area contributed by atoms with E-state index in [9.17, 15) is 14.7 Å². The van der Waals surface area contributed by atoms with Crippen LogP contribution in [0.1, 0.15) is 31.2 Å². The van der Waals surface area contributed by atoms with Gasteiger partial charge in [-0.1, -0.05) is 18.2 Å². The monoisotopic (exact) mass is 370 g/mol. The van der Waals surface area contributed by atoms with E-state index in [1.54, 1.807) is 0 Å². The number of carbonyl (C=O) groups is 2. The number of benzene rings is 1. The van der Waals surface area contributed by atoms with Crippen LogP contribution < -0.4 is 15.5 Å². The number of piperazine rings is 1. The quantitative estimate of drug-likeness (QED) is 0.669. The molecule has 144 valence electrons. The highest BCUT2D eigenvalue weighted by Crippen LogP contribution is 2.44. The van der Waals surface area contributed by atoms with Crippen LogP contribution in [0.4, 0.5) is 10.5 Å². The summed E-state index contributed by atoms with van der Waals surface area (Å²) in [5.41, 5.74) is 1.90. The smallest absolute Gasteiger partial charge is 0.322 e. The number of amides is 3. The summed E-state index contributed by atoms with van der Waals surface area (Å²) in [6.45, 7) is 2.54. The maximum absolute atomic E-state index is 12.4. The van der Waals surface area contributed by atoms with Gasteiger partial charge in [-0.2, -0.15) is 0 Å². The number of nitrogens with one attached hydrogen (secondary N) is 2. The molecule has 0 aromatic heterocycles. The summed E-state index contributed by atoms with van der Waals surface area (Å²) in [7, 11) is 0. The maximum Gasteiger partial charge on any atom is 0.322 e. The summed E-state index contributed by atoms with van der Waals surface area (Å²) in [6, 6.07) is 8.54. The van der Waals surface area contributed by atoms with Crippen LogP contribution in [-0.2, 0) is 11.2 Å². The Balaban J connectivity index is 1.22. The van der Waals surface area contributed by atoms with E-state index in [4.69, 9.17) is 0 Å². The first-order valence-electron chi connectivity index (χ1n) is 9.97. The molecule has 1 aromatic rings. The van der Waals surface area contributed by atoms with Crippen molar-refractivity contribution in [2.24, 2.45) is 5.92 Å². The van der Waals surface area contributed by atoms with Crippen molar-refractivity contribution < 1.29 is 14.7 Å². The van der Waals surface area contributed by atoms with Gasteiger partial charge in [-0.25, -0.2) is 4.79 Å².